The lowest BCUT2D eigenvalue weighted by Crippen LogP contribution is -2.44. The van der Waals surface area contributed by atoms with E-state index in [9.17, 15) is 4.79 Å². The van der Waals surface area contributed by atoms with E-state index < -0.39 is 0 Å². The van der Waals surface area contributed by atoms with Crippen LogP contribution in [-0.4, -0.2) is 39.7 Å². The number of nitrogens with one attached hydrogen (secondary N) is 1. The van der Waals surface area contributed by atoms with Crippen LogP contribution in [0.3, 0.4) is 0 Å². The largest absolute Gasteiger partial charge is 0.349 e. The van der Waals surface area contributed by atoms with Crippen molar-refractivity contribution in [3.05, 3.63) is 108 Å². The molecule has 1 saturated heterocycles. The maximum atomic E-state index is 13.3. The van der Waals surface area contributed by atoms with E-state index in [2.05, 4.69) is 40.5 Å². The Morgan fingerprint density at radius 3 is 2.12 bits per heavy atom. The molecule has 1 aromatic heterocycles. The summed E-state index contributed by atoms with van der Waals surface area (Å²) >= 11 is 0. The van der Waals surface area contributed by atoms with E-state index in [-0.39, 0.29) is 11.9 Å². The molecule has 3 aromatic carbocycles. The maximum absolute atomic E-state index is 13.3. The number of nitrogens with zero attached hydrogens (tertiary/aromatic N) is 3. The zero-order chi connectivity index (χ0) is 22.5. The summed E-state index contributed by atoms with van der Waals surface area (Å²) in [5, 5.41) is 8.05. The van der Waals surface area contributed by atoms with Gasteiger partial charge in [0.25, 0.3) is 5.91 Å². The summed E-state index contributed by atoms with van der Waals surface area (Å²) in [5.74, 6) is -0.0578. The van der Waals surface area contributed by atoms with Crippen LogP contribution >= 0.6 is 0 Å². The van der Waals surface area contributed by atoms with Crippen molar-refractivity contribution in [2.45, 2.75) is 25.4 Å². The van der Waals surface area contributed by atoms with Gasteiger partial charge in [-0.25, -0.2) is 4.68 Å². The van der Waals surface area contributed by atoms with Crippen molar-refractivity contribution in [1.82, 2.24) is 20.0 Å². The van der Waals surface area contributed by atoms with Gasteiger partial charge in [-0.2, -0.15) is 5.10 Å². The van der Waals surface area contributed by atoms with E-state index in [1.54, 1.807) is 4.68 Å². The van der Waals surface area contributed by atoms with Gasteiger partial charge in [-0.15, -0.1) is 0 Å². The number of piperidine rings is 1. The standard InChI is InChI=1S/C28H28N4O/c33-28(29-24-16-18-31(19-17-24)20-22-10-4-1-5-11-22)26-21-32(25-14-8-3-9-15-25)30-27(26)23-12-6-2-7-13-23/h1-15,21,24H,16-20H2,(H,29,33). The summed E-state index contributed by atoms with van der Waals surface area (Å²) < 4.78 is 1.79. The Morgan fingerprint density at radius 1 is 0.848 bits per heavy atom. The first-order valence-electron chi connectivity index (χ1n) is 11.5. The van der Waals surface area contributed by atoms with Crippen molar-refractivity contribution in [2.75, 3.05) is 13.1 Å². The van der Waals surface area contributed by atoms with E-state index >= 15 is 0 Å². The van der Waals surface area contributed by atoms with Crippen LogP contribution in [0.4, 0.5) is 0 Å². The highest BCUT2D eigenvalue weighted by molar-refractivity contribution is 6.00. The quantitative estimate of drug-likeness (QED) is 0.466. The molecular formula is C28H28N4O. The number of aromatic nitrogens is 2. The summed E-state index contributed by atoms with van der Waals surface area (Å²) in [6.45, 7) is 2.92. The summed E-state index contributed by atoms with van der Waals surface area (Å²) in [7, 11) is 0. The van der Waals surface area contributed by atoms with Gasteiger partial charge in [0.15, 0.2) is 0 Å². The summed E-state index contributed by atoms with van der Waals surface area (Å²) in [4.78, 5) is 15.8. The minimum Gasteiger partial charge on any atom is -0.349 e. The number of para-hydroxylation sites is 1. The van der Waals surface area contributed by atoms with Crippen LogP contribution in [0.15, 0.2) is 97.2 Å². The summed E-state index contributed by atoms with van der Waals surface area (Å²) in [6.07, 6.45) is 3.75. The molecule has 33 heavy (non-hydrogen) atoms. The lowest BCUT2D eigenvalue weighted by atomic mass is 10.0. The van der Waals surface area contributed by atoms with Gasteiger partial charge >= 0.3 is 0 Å². The molecule has 0 unspecified atom stereocenters. The molecule has 1 N–H and O–H groups in total. The number of rotatable bonds is 6. The highest BCUT2D eigenvalue weighted by atomic mass is 16.1. The monoisotopic (exact) mass is 436 g/mol. The second-order valence-electron chi connectivity index (χ2n) is 8.55. The van der Waals surface area contributed by atoms with Crippen LogP contribution in [0.5, 0.6) is 0 Å². The highest BCUT2D eigenvalue weighted by Crippen LogP contribution is 2.24. The lowest BCUT2D eigenvalue weighted by Gasteiger charge is -2.32. The number of carbonyl (C=O) groups is 1. The number of carbonyl (C=O) groups excluding carboxylic acids is 1. The summed E-state index contributed by atoms with van der Waals surface area (Å²) in [6, 6.07) is 30.6. The van der Waals surface area contributed by atoms with E-state index in [0.717, 1.165) is 43.7 Å². The smallest absolute Gasteiger partial charge is 0.255 e. The first-order chi connectivity index (χ1) is 16.3. The third kappa shape index (κ3) is 5.04. The van der Waals surface area contributed by atoms with Crippen LogP contribution < -0.4 is 5.32 Å². The van der Waals surface area contributed by atoms with E-state index in [1.807, 2.05) is 66.9 Å². The third-order valence-electron chi connectivity index (χ3n) is 6.20. The number of hydrogen-bond acceptors (Lipinski definition) is 3. The fourth-order valence-electron chi connectivity index (χ4n) is 4.40. The molecule has 0 saturated carbocycles. The Hall–Kier alpha value is -3.70. The molecule has 1 aliphatic heterocycles. The minimum absolute atomic E-state index is 0.0578. The molecule has 0 radical (unpaired) electrons. The molecule has 0 aliphatic carbocycles. The number of hydrogen-bond donors (Lipinski definition) is 1. The van der Waals surface area contributed by atoms with Gasteiger partial charge < -0.3 is 5.32 Å². The van der Waals surface area contributed by atoms with Crippen molar-refractivity contribution in [3.63, 3.8) is 0 Å². The fraction of sp³-hybridized carbons (Fsp3) is 0.214. The third-order valence-corrected chi connectivity index (χ3v) is 6.20. The molecule has 0 atom stereocenters. The van der Waals surface area contributed by atoms with Crippen molar-refractivity contribution in [2.24, 2.45) is 0 Å². The van der Waals surface area contributed by atoms with Gasteiger partial charge in [0.05, 0.1) is 11.3 Å². The highest BCUT2D eigenvalue weighted by Gasteiger charge is 2.24. The first kappa shape index (κ1) is 21.2. The molecule has 2 heterocycles. The second kappa shape index (κ2) is 9.84. The normalized spacial score (nSPS) is 14.8. The molecule has 5 nitrogen and oxygen atoms in total. The van der Waals surface area contributed by atoms with Crippen LogP contribution in [0, 0.1) is 0 Å². The van der Waals surface area contributed by atoms with Crippen LogP contribution in [0.1, 0.15) is 28.8 Å². The zero-order valence-corrected chi connectivity index (χ0v) is 18.6. The molecule has 4 aromatic rings. The van der Waals surface area contributed by atoms with Gasteiger partial charge in [-0.1, -0.05) is 78.9 Å². The van der Waals surface area contributed by atoms with E-state index in [4.69, 9.17) is 5.10 Å². The minimum atomic E-state index is -0.0578. The fourth-order valence-corrected chi connectivity index (χ4v) is 4.40. The predicted octanol–water partition coefficient (Wildman–Crippen LogP) is 4.93. The Morgan fingerprint density at radius 2 is 1.45 bits per heavy atom. The lowest BCUT2D eigenvalue weighted by molar-refractivity contribution is 0.0909. The number of benzene rings is 3. The van der Waals surface area contributed by atoms with E-state index in [1.165, 1.54) is 5.56 Å². The Kier molecular flexibility index (Phi) is 6.31. The van der Waals surface area contributed by atoms with Crippen molar-refractivity contribution in [1.29, 1.82) is 0 Å². The van der Waals surface area contributed by atoms with Crippen LogP contribution in [-0.2, 0) is 6.54 Å². The molecule has 1 amide bonds. The Labute approximate surface area is 194 Å². The molecule has 5 heteroatoms. The van der Waals surface area contributed by atoms with Gasteiger partial charge in [-0.05, 0) is 30.5 Å². The van der Waals surface area contributed by atoms with Crippen LogP contribution in [0.2, 0.25) is 0 Å². The average molecular weight is 437 g/mol. The van der Waals surface area contributed by atoms with Crippen molar-refractivity contribution >= 4 is 5.91 Å². The molecule has 0 spiro atoms. The topological polar surface area (TPSA) is 50.2 Å². The van der Waals surface area contributed by atoms with Gasteiger partial charge in [-0.3, -0.25) is 9.69 Å². The number of amides is 1. The Bertz CT molecular complexity index is 1180. The molecule has 1 fully saturated rings. The average Bonchev–Trinajstić information content (AvgIpc) is 3.33. The van der Waals surface area contributed by atoms with Gasteiger partial charge in [0.1, 0.15) is 5.69 Å². The molecule has 1 aliphatic rings. The van der Waals surface area contributed by atoms with Crippen molar-refractivity contribution in [3.8, 4) is 16.9 Å². The maximum Gasteiger partial charge on any atom is 0.255 e. The van der Waals surface area contributed by atoms with Crippen LogP contribution in [0.25, 0.3) is 16.9 Å². The SMILES string of the molecule is O=C(NC1CCN(Cc2ccccc2)CC1)c1cn(-c2ccccc2)nc1-c1ccccc1. The van der Waals surface area contributed by atoms with Gasteiger partial charge in [0.2, 0.25) is 0 Å². The second-order valence-corrected chi connectivity index (χ2v) is 8.55. The molecule has 166 valence electrons. The van der Waals surface area contributed by atoms with E-state index in [0.29, 0.717) is 11.3 Å². The Balaban J connectivity index is 1.30. The summed E-state index contributed by atoms with van der Waals surface area (Å²) in [5.41, 5.74) is 4.52. The van der Waals surface area contributed by atoms with Crippen molar-refractivity contribution < 1.29 is 4.79 Å². The molecule has 0 bridgehead atoms. The zero-order valence-electron chi connectivity index (χ0n) is 18.6. The molecule has 5 rings (SSSR count). The predicted molar refractivity (Wildman–Crippen MR) is 131 cm³/mol. The van der Waals surface area contributed by atoms with Gasteiger partial charge in [0, 0.05) is 37.4 Å². The first-order valence-corrected chi connectivity index (χ1v) is 11.5. The molecular weight excluding hydrogens is 408 g/mol. The number of likely N-dealkylation sites (tertiary alicyclic amines) is 1.